The number of pyridine rings is 1. The SMILES string of the molecule is CC(C)c1cc(C(=O)NC2CCC(=O)NC2C)nn1-c1ccncc1. The number of carbonyl (C=O) groups excluding carboxylic acids is 2. The van der Waals surface area contributed by atoms with Gasteiger partial charge in [-0.05, 0) is 37.5 Å². The van der Waals surface area contributed by atoms with Gasteiger partial charge in [0.1, 0.15) is 0 Å². The molecular weight excluding hydrogens is 318 g/mol. The fourth-order valence-corrected chi connectivity index (χ4v) is 3.01. The van der Waals surface area contributed by atoms with Crippen LogP contribution in [0.1, 0.15) is 55.7 Å². The van der Waals surface area contributed by atoms with Crippen LogP contribution in [-0.4, -0.2) is 38.7 Å². The Labute approximate surface area is 146 Å². The first-order valence-corrected chi connectivity index (χ1v) is 8.56. The van der Waals surface area contributed by atoms with Gasteiger partial charge in [0.25, 0.3) is 5.91 Å². The highest BCUT2D eigenvalue weighted by molar-refractivity contribution is 5.93. The van der Waals surface area contributed by atoms with Crippen molar-refractivity contribution in [1.82, 2.24) is 25.4 Å². The number of carbonyl (C=O) groups is 2. The van der Waals surface area contributed by atoms with Gasteiger partial charge < -0.3 is 10.6 Å². The van der Waals surface area contributed by atoms with Crippen LogP contribution in [-0.2, 0) is 4.79 Å². The van der Waals surface area contributed by atoms with E-state index in [0.29, 0.717) is 18.5 Å². The monoisotopic (exact) mass is 341 g/mol. The van der Waals surface area contributed by atoms with Crippen molar-refractivity contribution < 1.29 is 9.59 Å². The molecule has 2 amide bonds. The minimum absolute atomic E-state index is 0.0297. The van der Waals surface area contributed by atoms with E-state index in [-0.39, 0.29) is 29.8 Å². The van der Waals surface area contributed by atoms with Crippen molar-refractivity contribution in [2.45, 2.75) is 51.6 Å². The summed E-state index contributed by atoms with van der Waals surface area (Å²) in [5.41, 5.74) is 2.21. The molecule has 3 heterocycles. The van der Waals surface area contributed by atoms with Crippen LogP contribution in [0.5, 0.6) is 0 Å². The predicted octanol–water partition coefficient (Wildman–Crippen LogP) is 1.79. The second kappa shape index (κ2) is 7.04. The minimum Gasteiger partial charge on any atom is -0.352 e. The average Bonchev–Trinajstić information content (AvgIpc) is 3.04. The molecule has 2 unspecified atom stereocenters. The third kappa shape index (κ3) is 3.70. The summed E-state index contributed by atoms with van der Waals surface area (Å²) in [6.45, 7) is 6.03. The van der Waals surface area contributed by atoms with Crippen molar-refractivity contribution in [3.63, 3.8) is 0 Å². The maximum Gasteiger partial charge on any atom is 0.272 e. The molecule has 3 rings (SSSR count). The molecule has 0 saturated carbocycles. The number of rotatable bonds is 4. The third-order valence-corrected chi connectivity index (χ3v) is 4.46. The van der Waals surface area contributed by atoms with E-state index in [2.05, 4.69) is 34.6 Å². The Bertz CT molecular complexity index is 769. The summed E-state index contributed by atoms with van der Waals surface area (Å²) in [4.78, 5) is 28.1. The molecule has 7 nitrogen and oxygen atoms in total. The van der Waals surface area contributed by atoms with Gasteiger partial charge in [-0.25, -0.2) is 4.68 Å². The van der Waals surface area contributed by atoms with E-state index >= 15 is 0 Å². The Morgan fingerprint density at radius 2 is 2.08 bits per heavy atom. The Morgan fingerprint density at radius 1 is 1.36 bits per heavy atom. The van der Waals surface area contributed by atoms with Gasteiger partial charge in [-0.3, -0.25) is 14.6 Å². The van der Waals surface area contributed by atoms with Crippen LogP contribution in [0.15, 0.2) is 30.6 Å². The topological polar surface area (TPSA) is 88.9 Å². The van der Waals surface area contributed by atoms with Crippen molar-refractivity contribution in [3.8, 4) is 5.69 Å². The second-order valence-corrected chi connectivity index (χ2v) is 6.70. The van der Waals surface area contributed by atoms with Gasteiger partial charge >= 0.3 is 0 Å². The highest BCUT2D eigenvalue weighted by atomic mass is 16.2. The first kappa shape index (κ1) is 17.1. The van der Waals surface area contributed by atoms with Crippen molar-refractivity contribution >= 4 is 11.8 Å². The molecule has 0 aliphatic carbocycles. The number of aromatic nitrogens is 3. The lowest BCUT2D eigenvalue weighted by Gasteiger charge is -2.29. The molecule has 0 radical (unpaired) electrons. The van der Waals surface area contributed by atoms with Gasteiger partial charge in [0.05, 0.1) is 5.69 Å². The molecule has 2 atom stereocenters. The van der Waals surface area contributed by atoms with Crippen molar-refractivity contribution in [3.05, 3.63) is 42.0 Å². The van der Waals surface area contributed by atoms with Crippen LogP contribution in [0.25, 0.3) is 5.69 Å². The molecular formula is C18H23N5O2. The largest absolute Gasteiger partial charge is 0.352 e. The van der Waals surface area contributed by atoms with Gasteiger partial charge in [-0.15, -0.1) is 0 Å². The van der Waals surface area contributed by atoms with E-state index in [1.54, 1.807) is 17.1 Å². The Hall–Kier alpha value is -2.70. The molecule has 1 aliphatic rings. The van der Waals surface area contributed by atoms with E-state index in [0.717, 1.165) is 11.4 Å². The summed E-state index contributed by atoms with van der Waals surface area (Å²) in [7, 11) is 0. The maximum absolute atomic E-state index is 12.6. The van der Waals surface area contributed by atoms with Crippen LogP contribution < -0.4 is 10.6 Å². The predicted molar refractivity (Wildman–Crippen MR) is 93.5 cm³/mol. The molecule has 1 aliphatic heterocycles. The molecule has 2 aromatic heterocycles. The van der Waals surface area contributed by atoms with Gasteiger partial charge in [-0.2, -0.15) is 5.10 Å². The van der Waals surface area contributed by atoms with Crippen molar-refractivity contribution in [2.75, 3.05) is 0 Å². The summed E-state index contributed by atoms with van der Waals surface area (Å²) < 4.78 is 1.79. The maximum atomic E-state index is 12.6. The van der Waals surface area contributed by atoms with Crippen molar-refractivity contribution in [2.24, 2.45) is 0 Å². The zero-order chi connectivity index (χ0) is 18.0. The van der Waals surface area contributed by atoms with Crippen LogP contribution >= 0.6 is 0 Å². The molecule has 2 N–H and O–H groups in total. The standard InChI is InChI=1S/C18H23N5O2/c1-11(2)16-10-15(22-23(16)13-6-8-19-9-7-13)18(25)21-14-4-5-17(24)20-12(14)3/h6-12,14H,4-5H2,1-3H3,(H,20,24)(H,21,25). The number of hydrogen-bond acceptors (Lipinski definition) is 4. The molecule has 2 aromatic rings. The van der Waals surface area contributed by atoms with Gasteiger partial charge in [0.15, 0.2) is 5.69 Å². The third-order valence-electron chi connectivity index (χ3n) is 4.46. The van der Waals surface area contributed by atoms with Gasteiger partial charge in [0.2, 0.25) is 5.91 Å². The summed E-state index contributed by atoms with van der Waals surface area (Å²) in [5, 5.41) is 10.4. The molecule has 1 fully saturated rings. The first-order chi connectivity index (χ1) is 12.0. The number of piperidine rings is 1. The fourth-order valence-electron chi connectivity index (χ4n) is 3.01. The summed E-state index contributed by atoms with van der Waals surface area (Å²) in [5.74, 6) is 0.0277. The number of amides is 2. The summed E-state index contributed by atoms with van der Waals surface area (Å²) in [6.07, 6.45) is 4.47. The average molecular weight is 341 g/mol. The lowest BCUT2D eigenvalue weighted by Crippen LogP contribution is -2.54. The lowest BCUT2D eigenvalue weighted by atomic mass is 9.99. The second-order valence-electron chi connectivity index (χ2n) is 6.70. The Morgan fingerprint density at radius 3 is 2.72 bits per heavy atom. The highest BCUT2D eigenvalue weighted by Gasteiger charge is 2.28. The summed E-state index contributed by atoms with van der Waals surface area (Å²) in [6, 6.07) is 5.38. The Kier molecular flexibility index (Phi) is 4.83. The Balaban J connectivity index is 1.83. The van der Waals surface area contributed by atoms with Gasteiger partial charge in [-0.1, -0.05) is 13.8 Å². The molecule has 25 heavy (non-hydrogen) atoms. The lowest BCUT2D eigenvalue weighted by molar-refractivity contribution is -0.123. The highest BCUT2D eigenvalue weighted by Crippen LogP contribution is 2.20. The van der Waals surface area contributed by atoms with E-state index in [9.17, 15) is 9.59 Å². The zero-order valence-corrected chi connectivity index (χ0v) is 14.7. The van der Waals surface area contributed by atoms with Crippen LogP contribution in [0.3, 0.4) is 0 Å². The van der Waals surface area contributed by atoms with Crippen LogP contribution in [0.4, 0.5) is 0 Å². The van der Waals surface area contributed by atoms with E-state index in [1.165, 1.54) is 0 Å². The number of hydrogen-bond donors (Lipinski definition) is 2. The smallest absolute Gasteiger partial charge is 0.272 e. The molecule has 0 spiro atoms. The van der Waals surface area contributed by atoms with Gasteiger partial charge in [0, 0.05) is 36.6 Å². The molecule has 0 bridgehead atoms. The van der Waals surface area contributed by atoms with E-state index in [1.807, 2.05) is 25.1 Å². The minimum atomic E-state index is -0.220. The van der Waals surface area contributed by atoms with Crippen LogP contribution in [0, 0.1) is 0 Å². The molecule has 7 heteroatoms. The first-order valence-electron chi connectivity index (χ1n) is 8.56. The molecule has 0 aromatic carbocycles. The van der Waals surface area contributed by atoms with E-state index in [4.69, 9.17) is 0 Å². The zero-order valence-electron chi connectivity index (χ0n) is 14.7. The van der Waals surface area contributed by atoms with Crippen LogP contribution in [0.2, 0.25) is 0 Å². The van der Waals surface area contributed by atoms with Crippen molar-refractivity contribution in [1.29, 1.82) is 0 Å². The number of nitrogens with zero attached hydrogens (tertiary/aromatic N) is 3. The molecule has 132 valence electrons. The fraction of sp³-hybridized carbons (Fsp3) is 0.444. The quantitative estimate of drug-likeness (QED) is 0.887. The molecule has 1 saturated heterocycles. The summed E-state index contributed by atoms with van der Waals surface area (Å²) >= 11 is 0. The van der Waals surface area contributed by atoms with E-state index < -0.39 is 0 Å². The normalized spacial score (nSPS) is 20.4. The number of nitrogens with one attached hydrogen (secondary N) is 2.